The summed E-state index contributed by atoms with van der Waals surface area (Å²) in [4.78, 5) is 12.1. The van der Waals surface area contributed by atoms with Gasteiger partial charge in [0.15, 0.2) is 12.1 Å². The predicted octanol–water partition coefficient (Wildman–Crippen LogP) is 5.70. The van der Waals surface area contributed by atoms with Gasteiger partial charge < -0.3 is 9.47 Å². The van der Waals surface area contributed by atoms with Crippen LogP contribution in [0.3, 0.4) is 0 Å². The molecule has 1 aliphatic rings. The number of carbonyl (C=O) groups is 1. The number of hydrogen-bond acceptors (Lipinski definition) is 3. The minimum atomic E-state index is -0.0717. The predicted molar refractivity (Wildman–Crippen MR) is 102 cm³/mol. The summed E-state index contributed by atoms with van der Waals surface area (Å²) in [7, 11) is 0. The van der Waals surface area contributed by atoms with Crippen molar-refractivity contribution in [2.75, 3.05) is 6.61 Å². The largest absolute Gasteiger partial charge is 0.350 e. The molecule has 1 aromatic rings. The van der Waals surface area contributed by atoms with Crippen LogP contribution < -0.4 is 0 Å². The normalized spacial score (nSPS) is 19.8. The van der Waals surface area contributed by atoms with Gasteiger partial charge in [-0.15, -0.1) is 6.58 Å². The zero-order valence-corrected chi connectivity index (χ0v) is 15.3. The average molecular weight is 344 g/mol. The van der Waals surface area contributed by atoms with Crippen LogP contribution in [0.4, 0.5) is 0 Å². The van der Waals surface area contributed by atoms with Gasteiger partial charge in [-0.25, -0.2) is 0 Å². The van der Waals surface area contributed by atoms with E-state index < -0.39 is 0 Å². The fraction of sp³-hybridized carbons (Fsp3) is 0.591. The molecule has 1 aromatic carbocycles. The zero-order valence-electron chi connectivity index (χ0n) is 15.3. The van der Waals surface area contributed by atoms with Crippen LogP contribution in [0.1, 0.15) is 74.6 Å². The molecule has 0 saturated carbocycles. The van der Waals surface area contributed by atoms with Crippen molar-refractivity contribution in [3.8, 4) is 0 Å². The second-order valence-corrected chi connectivity index (χ2v) is 6.84. The number of benzene rings is 1. The lowest BCUT2D eigenvalue weighted by atomic mass is 10.0. The molecular weight excluding hydrogens is 312 g/mol. The molecule has 2 atom stereocenters. The number of carbonyl (C=O) groups excluding carboxylic acids is 1. The van der Waals surface area contributed by atoms with Crippen molar-refractivity contribution in [1.29, 1.82) is 0 Å². The van der Waals surface area contributed by atoms with Crippen LogP contribution in [-0.4, -0.2) is 24.8 Å². The van der Waals surface area contributed by atoms with E-state index in [2.05, 4.69) is 6.58 Å². The van der Waals surface area contributed by atoms with E-state index in [-0.39, 0.29) is 18.2 Å². The monoisotopic (exact) mass is 344 g/mol. The van der Waals surface area contributed by atoms with Gasteiger partial charge in [-0.3, -0.25) is 4.79 Å². The van der Waals surface area contributed by atoms with Crippen LogP contribution >= 0.6 is 0 Å². The van der Waals surface area contributed by atoms with Gasteiger partial charge in [0.2, 0.25) is 0 Å². The fourth-order valence-corrected chi connectivity index (χ4v) is 3.18. The van der Waals surface area contributed by atoms with Gasteiger partial charge in [0.25, 0.3) is 0 Å². The molecule has 2 unspecified atom stereocenters. The Balaban J connectivity index is 1.50. The van der Waals surface area contributed by atoms with E-state index in [0.717, 1.165) is 31.2 Å². The second kappa shape index (κ2) is 12.0. The Labute approximate surface area is 152 Å². The van der Waals surface area contributed by atoms with Crippen LogP contribution in [0.2, 0.25) is 0 Å². The van der Waals surface area contributed by atoms with Crippen LogP contribution in [0.25, 0.3) is 0 Å². The Hall–Kier alpha value is -1.45. The molecule has 0 radical (unpaired) electrons. The van der Waals surface area contributed by atoms with Crippen molar-refractivity contribution in [3.05, 3.63) is 48.6 Å². The van der Waals surface area contributed by atoms with Crippen molar-refractivity contribution < 1.29 is 14.3 Å². The summed E-state index contributed by atoms with van der Waals surface area (Å²) in [5, 5.41) is 0. The highest BCUT2D eigenvalue weighted by atomic mass is 16.7. The van der Waals surface area contributed by atoms with Crippen LogP contribution in [0.15, 0.2) is 43.0 Å². The third-order valence-corrected chi connectivity index (χ3v) is 4.70. The highest BCUT2D eigenvalue weighted by molar-refractivity contribution is 5.95. The number of allylic oxidation sites excluding steroid dienone is 1. The van der Waals surface area contributed by atoms with E-state index in [9.17, 15) is 4.79 Å². The quantitative estimate of drug-likeness (QED) is 0.262. The summed E-state index contributed by atoms with van der Waals surface area (Å²) in [5.74, 6) is 0.184. The minimum absolute atomic E-state index is 0.0663. The first-order valence-corrected chi connectivity index (χ1v) is 9.76. The number of ketones is 1. The summed E-state index contributed by atoms with van der Waals surface area (Å²) in [6.45, 7) is 4.37. The van der Waals surface area contributed by atoms with Gasteiger partial charge in [0.1, 0.15) is 0 Å². The molecule has 0 spiro atoms. The van der Waals surface area contributed by atoms with E-state index in [1.165, 1.54) is 32.1 Å². The Morgan fingerprint density at radius 1 is 1.04 bits per heavy atom. The summed E-state index contributed by atoms with van der Waals surface area (Å²) >= 11 is 0. The molecule has 1 fully saturated rings. The van der Waals surface area contributed by atoms with Gasteiger partial charge in [0.05, 0.1) is 12.7 Å². The Morgan fingerprint density at radius 2 is 1.76 bits per heavy atom. The first-order valence-electron chi connectivity index (χ1n) is 9.76. The second-order valence-electron chi connectivity index (χ2n) is 6.84. The molecule has 1 saturated heterocycles. The van der Waals surface area contributed by atoms with E-state index in [1.807, 2.05) is 36.4 Å². The highest BCUT2D eigenvalue weighted by Gasteiger charge is 2.25. The molecule has 1 heterocycles. The molecule has 0 bridgehead atoms. The lowest BCUT2D eigenvalue weighted by Gasteiger charge is -2.11. The van der Waals surface area contributed by atoms with Gasteiger partial charge in [-0.05, 0) is 32.1 Å². The minimum Gasteiger partial charge on any atom is -0.350 e. The maximum Gasteiger partial charge on any atom is 0.162 e. The number of ether oxygens (including phenoxy) is 2. The summed E-state index contributed by atoms with van der Waals surface area (Å²) in [5.41, 5.74) is 0.783. The van der Waals surface area contributed by atoms with Crippen molar-refractivity contribution in [2.45, 2.75) is 76.6 Å². The number of rotatable bonds is 13. The van der Waals surface area contributed by atoms with Crippen LogP contribution in [0, 0.1) is 0 Å². The van der Waals surface area contributed by atoms with Gasteiger partial charge in [-0.2, -0.15) is 0 Å². The number of hydrogen-bond donors (Lipinski definition) is 0. The molecule has 2 rings (SSSR count). The van der Waals surface area contributed by atoms with Gasteiger partial charge in [0, 0.05) is 12.0 Å². The van der Waals surface area contributed by atoms with Gasteiger partial charge in [-0.1, -0.05) is 62.1 Å². The Kier molecular flexibility index (Phi) is 9.53. The third kappa shape index (κ3) is 7.98. The average Bonchev–Trinajstić information content (AvgIpc) is 3.10. The lowest BCUT2D eigenvalue weighted by Crippen LogP contribution is -2.14. The maximum absolute atomic E-state index is 12.1. The van der Waals surface area contributed by atoms with Crippen molar-refractivity contribution in [3.63, 3.8) is 0 Å². The first-order chi connectivity index (χ1) is 12.3. The zero-order chi connectivity index (χ0) is 17.7. The molecule has 0 aromatic heterocycles. The van der Waals surface area contributed by atoms with Gasteiger partial charge >= 0.3 is 0 Å². The van der Waals surface area contributed by atoms with Crippen molar-refractivity contribution in [2.24, 2.45) is 0 Å². The molecule has 3 nitrogen and oxygen atoms in total. The van der Waals surface area contributed by atoms with Crippen molar-refractivity contribution >= 4 is 5.78 Å². The molecule has 25 heavy (non-hydrogen) atoms. The van der Waals surface area contributed by atoms with E-state index >= 15 is 0 Å². The standard InChI is InChI=1S/C22H32O3/c1-2-3-4-5-6-7-8-12-15-22-24-18-20(25-22)16-17-21(23)19-13-10-9-11-14-19/h2,9-11,13-14,20,22H,1,3-8,12,15-18H2. The molecule has 0 N–H and O–H groups in total. The molecule has 138 valence electrons. The molecule has 3 heteroatoms. The Bertz CT molecular complexity index is 497. The van der Waals surface area contributed by atoms with E-state index in [1.54, 1.807) is 0 Å². The first kappa shape index (κ1) is 19.9. The number of unbranched alkanes of at least 4 members (excludes halogenated alkanes) is 6. The molecular formula is C22H32O3. The third-order valence-electron chi connectivity index (χ3n) is 4.70. The molecule has 0 aliphatic carbocycles. The van der Waals surface area contributed by atoms with Crippen molar-refractivity contribution in [1.82, 2.24) is 0 Å². The molecule has 0 amide bonds. The van der Waals surface area contributed by atoms with E-state index in [0.29, 0.717) is 13.0 Å². The van der Waals surface area contributed by atoms with Crippen LogP contribution in [0.5, 0.6) is 0 Å². The SMILES string of the molecule is C=CCCCCCCCCC1OCC(CCC(=O)c2ccccc2)O1. The maximum atomic E-state index is 12.1. The summed E-state index contributed by atoms with van der Waals surface area (Å²) < 4.78 is 11.6. The fourth-order valence-electron chi connectivity index (χ4n) is 3.18. The summed E-state index contributed by atoms with van der Waals surface area (Å²) in [6.07, 6.45) is 12.9. The van der Waals surface area contributed by atoms with Crippen LogP contribution in [-0.2, 0) is 9.47 Å². The topological polar surface area (TPSA) is 35.5 Å². The molecule has 1 aliphatic heterocycles. The highest BCUT2D eigenvalue weighted by Crippen LogP contribution is 2.21. The summed E-state index contributed by atoms with van der Waals surface area (Å²) in [6, 6.07) is 9.47. The smallest absolute Gasteiger partial charge is 0.162 e. The number of Topliss-reactive ketones (excluding diaryl/α,β-unsaturated/α-hetero) is 1. The Morgan fingerprint density at radius 3 is 2.52 bits per heavy atom. The van der Waals surface area contributed by atoms with E-state index in [4.69, 9.17) is 9.47 Å². The lowest BCUT2D eigenvalue weighted by molar-refractivity contribution is -0.0640.